The van der Waals surface area contributed by atoms with Crippen LogP contribution >= 0.6 is 0 Å². The molecule has 0 fully saturated rings. The highest BCUT2D eigenvalue weighted by Gasteiger charge is 2.18. The van der Waals surface area contributed by atoms with E-state index in [1.165, 1.54) is 24.3 Å². The van der Waals surface area contributed by atoms with Gasteiger partial charge in [-0.15, -0.1) is 0 Å². The molecule has 0 bridgehead atoms. The van der Waals surface area contributed by atoms with Crippen LogP contribution in [-0.2, 0) is 0 Å². The molecule has 0 radical (unpaired) electrons. The van der Waals surface area contributed by atoms with E-state index in [2.05, 4.69) is 5.32 Å². The average Bonchev–Trinajstić information content (AvgIpc) is 3.03. The molecule has 1 amide bonds. The van der Waals surface area contributed by atoms with Crippen molar-refractivity contribution in [3.63, 3.8) is 0 Å². The minimum Gasteiger partial charge on any atom is -0.306 e. The van der Waals surface area contributed by atoms with Crippen LogP contribution in [0.1, 0.15) is 15.9 Å². The fourth-order valence-electron chi connectivity index (χ4n) is 2.90. The van der Waals surface area contributed by atoms with Crippen molar-refractivity contribution in [3.05, 3.63) is 89.9 Å². The number of imidazole rings is 1. The molecule has 4 aromatic rings. The summed E-state index contributed by atoms with van der Waals surface area (Å²) < 4.78 is 15.0. The molecule has 0 aliphatic heterocycles. The lowest BCUT2D eigenvalue weighted by molar-refractivity contribution is 0.102. The Hall–Kier alpha value is -3.47. The van der Waals surface area contributed by atoms with Gasteiger partial charge in [0.25, 0.3) is 5.91 Å². The number of nitrogens with zero attached hydrogens (tertiary/aromatic N) is 2. The SMILES string of the molecule is Cc1cccn2c(NC(=O)c3ccc(F)cc3)c(-c3ccccc3)nc12. The number of fused-ring (bicyclic) bond motifs is 1. The second kappa shape index (κ2) is 6.44. The Labute approximate surface area is 149 Å². The fourth-order valence-corrected chi connectivity index (χ4v) is 2.90. The summed E-state index contributed by atoms with van der Waals surface area (Å²) in [6.45, 7) is 1.97. The first-order valence-electron chi connectivity index (χ1n) is 8.23. The summed E-state index contributed by atoms with van der Waals surface area (Å²) in [6.07, 6.45) is 1.86. The Morgan fingerprint density at radius 1 is 1.00 bits per heavy atom. The molecule has 0 saturated carbocycles. The Morgan fingerprint density at radius 3 is 2.46 bits per heavy atom. The standard InChI is InChI=1S/C21H16FN3O/c1-14-6-5-13-25-19(14)23-18(15-7-3-2-4-8-15)20(25)24-21(26)16-9-11-17(22)12-10-16/h2-13H,1H3,(H,24,26). The van der Waals surface area contributed by atoms with Crippen molar-refractivity contribution in [1.29, 1.82) is 0 Å². The van der Waals surface area contributed by atoms with Crippen LogP contribution in [0.3, 0.4) is 0 Å². The molecule has 5 heteroatoms. The number of amides is 1. The summed E-state index contributed by atoms with van der Waals surface area (Å²) in [5.74, 6) is -0.105. The molecule has 0 aliphatic carbocycles. The number of nitrogens with one attached hydrogen (secondary N) is 1. The summed E-state index contributed by atoms with van der Waals surface area (Å²) >= 11 is 0. The molecule has 2 aromatic carbocycles. The summed E-state index contributed by atoms with van der Waals surface area (Å²) in [5.41, 5.74) is 3.76. The predicted octanol–water partition coefficient (Wildman–Crippen LogP) is 4.70. The zero-order chi connectivity index (χ0) is 18.1. The molecule has 1 N–H and O–H groups in total. The number of carbonyl (C=O) groups is 1. The van der Waals surface area contributed by atoms with Crippen molar-refractivity contribution in [2.24, 2.45) is 0 Å². The van der Waals surface area contributed by atoms with Crippen molar-refractivity contribution in [1.82, 2.24) is 9.38 Å². The minimum atomic E-state index is -0.378. The maximum atomic E-state index is 13.1. The second-order valence-electron chi connectivity index (χ2n) is 6.02. The minimum absolute atomic E-state index is 0.314. The third-order valence-electron chi connectivity index (χ3n) is 4.23. The van der Waals surface area contributed by atoms with Crippen LogP contribution in [0.4, 0.5) is 10.2 Å². The van der Waals surface area contributed by atoms with E-state index in [0.717, 1.165) is 16.8 Å². The Kier molecular flexibility index (Phi) is 3.97. The molecule has 2 aromatic heterocycles. The Balaban J connectivity index is 1.83. The largest absolute Gasteiger partial charge is 0.306 e. The van der Waals surface area contributed by atoms with Crippen LogP contribution in [0.25, 0.3) is 16.9 Å². The van der Waals surface area contributed by atoms with Gasteiger partial charge in [-0.2, -0.15) is 0 Å². The lowest BCUT2D eigenvalue weighted by Gasteiger charge is -2.08. The summed E-state index contributed by atoms with van der Waals surface area (Å²) in [5, 5.41) is 2.93. The first-order chi connectivity index (χ1) is 12.6. The van der Waals surface area contributed by atoms with Gasteiger partial charge in [-0.1, -0.05) is 36.4 Å². The number of hydrogen-bond donors (Lipinski definition) is 1. The van der Waals surface area contributed by atoms with E-state index in [0.29, 0.717) is 17.1 Å². The van der Waals surface area contributed by atoms with Crippen LogP contribution in [0.5, 0.6) is 0 Å². The molecule has 128 valence electrons. The van der Waals surface area contributed by atoms with Crippen molar-refractivity contribution in [3.8, 4) is 11.3 Å². The number of benzene rings is 2. The quantitative estimate of drug-likeness (QED) is 0.585. The van der Waals surface area contributed by atoms with Crippen molar-refractivity contribution in [2.45, 2.75) is 6.92 Å². The van der Waals surface area contributed by atoms with Crippen molar-refractivity contribution in [2.75, 3.05) is 5.32 Å². The van der Waals surface area contributed by atoms with Gasteiger partial charge in [-0.05, 0) is 42.8 Å². The average molecular weight is 345 g/mol. The predicted molar refractivity (Wildman–Crippen MR) is 99.7 cm³/mol. The molecule has 4 nitrogen and oxygen atoms in total. The van der Waals surface area contributed by atoms with Gasteiger partial charge in [-0.25, -0.2) is 9.37 Å². The molecule has 4 rings (SSSR count). The van der Waals surface area contributed by atoms with Crippen LogP contribution in [0.2, 0.25) is 0 Å². The number of pyridine rings is 1. The van der Waals surface area contributed by atoms with Gasteiger partial charge in [0.1, 0.15) is 23.0 Å². The van der Waals surface area contributed by atoms with Gasteiger partial charge in [-0.3, -0.25) is 9.20 Å². The van der Waals surface area contributed by atoms with Gasteiger partial charge < -0.3 is 5.32 Å². The highest BCUT2D eigenvalue weighted by atomic mass is 19.1. The highest BCUT2D eigenvalue weighted by molar-refractivity contribution is 6.05. The van der Waals surface area contributed by atoms with Gasteiger partial charge in [0, 0.05) is 17.3 Å². The third-order valence-corrected chi connectivity index (χ3v) is 4.23. The smallest absolute Gasteiger partial charge is 0.256 e. The van der Waals surface area contributed by atoms with E-state index in [-0.39, 0.29) is 11.7 Å². The number of anilines is 1. The number of aryl methyl sites for hydroxylation is 1. The monoisotopic (exact) mass is 345 g/mol. The molecule has 0 spiro atoms. The van der Waals surface area contributed by atoms with Gasteiger partial charge in [0.2, 0.25) is 0 Å². The van der Waals surface area contributed by atoms with Crippen LogP contribution < -0.4 is 5.32 Å². The van der Waals surface area contributed by atoms with E-state index in [1.807, 2.05) is 60.0 Å². The fraction of sp³-hybridized carbons (Fsp3) is 0.0476. The Morgan fingerprint density at radius 2 is 1.73 bits per heavy atom. The summed E-state index contributed by atoms with van der Waals surface area (Å²) in [4.78, 5) is 17.4. The van der Waals surface area contributed by atoms with Crippen molar-refractivity contribution < 1.29 is 9.18 Å². The molecule has 2 heterocycles. The molecule has 0 unspecified atom stereocenters. The van der Waals surface area contributed by atoms with Crippen LogP contribution in [-0.4, -0.2) is 15.3 Å². The van der Waals surface area contributed by atoms with E-state index in [4.69, 9.17) is 4.98 Å². The maximum Gasteiger partial charge on any atom is 0.256 e. The van der Waals surface area contributed by atoms with Crippen LogP contribution in [0, 0.1) is 12.7 Å². The van der Waals surface area contributed by atoms with E-state index >= 15 is 0 Å². The highest BCUT2D eigenvalue weighted by Crippen LogP contribution is 2.30. The lowest BCUT2D eigenvalue weighted by Crippen LogP contribution is -2.14. The molecule has 0 saturated heterocycles. The molecule has 0 aliphatic rings. The number of halogens is 1. The van der Waals surface area contributed by atoms with E-state index in [1.54, 1.807) is 0 Å². The zero-order valence-electron chi connectivity index (χ0n) is 14.1. The molecular weight excluding hydrogens is 329 g/mol. The topological polar surface area (TPSA) is 46.4 Å². The number of rotatable bonds is 3. The number of hydrogen-bond acceptors (Lipinski definition) is 2. The molecule has 26 heavy (non-hydrogen) atoms. The molecule has 0 atom stereocenters. The second-order valence-corrected chi connectivity index (χ2v) is 6.02. The summed E-state index contributed by atoms with van der Waals surface area (Å²) in [6, 6.07) is 19.0. The number of aromatic nitrogens is 2. The van der Waals surface area contributed by atoms with Gasteiger partial charge in [0.15, 0.2) is 0 Å². The first kappa shape index (κ1) is 16.0. The lowest BCUT2D eigenvalue weighted by atomic mass is 10.1. The maximum absolute atomic E-state index is 13.1. The Bertz CT molecular complexity index is 1090. The number of carbonyl (C=O) groups excluding carboxylic acids is 1. The van der Waals surface area contributed by atoms with Gasteiger partial charge in [0.05, 0.1) is 0 Å². The van der Waals surface area contributed by atoms with E-state index < -0.39 is 0 Å². The van der Waals surface area contributed by atoms with Gasteiger partial charge >= 0.3 is 0 Å². The normalized spacial score (nSPS) is 10.8. The third kappa shape index (κ3) is 2.84. The van der Waals surface area contributed by atoms with E-state index in [9.17, 15) is 9.18 Å². The first-order valence-corrected chi connectivity index (χ1v) is 8.23. The zero-order valence-corrected chi connectivity index (χ0v) is 14.1. The van der Waals surface area contributed by atoms with Crippen molar-refractivity contribution >= 4 is 17.4 Å². The van der Waals surface area contributed by atoms with Crippen LogP contribution in [0.15, 0.2) is 72.9 Å². The molecular formula is C21H16FN3O. The summed E-state index contributed by atoms with van der Waals surface area (Å²) in [7, 11) is 0.